The molecule has 18 heavy (non-hydrogen) atoms. The second-order valence-electron chi connectivity index (χ2n) is 4.78. The van der Waals surface area contributed by atoms with Gasteiger partial charge in [-0.05, 0) is 43.0 Å². The molecule has 1 aromatic rings. The number of hydrogen-bond acceptors (Lipinski definition) is 2. The summed E-state index contributed by atoms with van der Waals surface area (Å²) in [5.41, 5.74) is 0.727. The van der Waals surface area contributed by atoms with E-state index in [-0.39, 0.29) is 24.4 Å². The fraction of sp³-hybridized carbons (Fsp3) is 0.385. The van der Waals surface area contributed by atoms with Gasteiger partial charge in [-0.15, -0.1) is 0 Å². The topological polar surface area (TPSA) is 49.4 Å². The first kappa shape index (κ1) is 11.5. The number of carbonyl (C=O) groups excluding carboxylic acids is 2. The van der Waals surface area contributed by atoms with Gasteiger partial charge in [-0.2, -0.15) is 0 Å². The van der Waals surface area contributed by atoms with Gasteiger partial charge in [0.15, 0.2) is 0 Å². The molecule has 1 aliphatic carbocycles. The van der Waals surface area contributed by atoms with Crippen LogP contribution in [-0.2, 0) is 9.59 Å². The second kappa shape index (κ2) is 4.28. The van der Waals surface area contributed by atoms with Crippen LogP contribution < -0.4 is 10.2 Å². The van der Waals surface area contributed by atoms with Crippen LogP contribution in [0.25, 0.3) is 0 Å². The third-order valence-corrected chi connectivity index (χ3v) is 3.63. The van der Waals surface area contributed by atoms with Gasteiger partial charge in [0, 0.05) is 10.7 Å². The fourth-order valence-electron chi connectivity index (χ4n) is 2.26. The van der Waals surface area contributed by atoms with Crippen LogP contribution in [-0.4, -0.2) is 24.4 Å². The van der Waals surface area contributed by atoms with E-state index in [0.717, 1.165) is 18.5 Å². The van der Waals surface area contributed by atoms with Crippen molar-refractivity contribution in [1.82, 2.24) is 5.32 Å². The monoisotopic (exact) mass is 264 g/mol. The SMILES string of the molecule is O=C1CN(c2ccc(Cl)cc2)C(=O)C(C2CC2)N1. The Kier molecular flexibility index (Phi) is 2.74. The Morgan fingerprint density at radius 2 is 1.83 bits per heavy atom. The molecule has 1 aromatic carbocycles. The number of carbonyl (C=O) groups is 2. The van der Waals surface area contributed by atoms with E-state index < -0.39 is 0 Å². The van der Waals surface area contributed by atoms with E-state index in [1.807, 2.05) is 0 Å². The normalized spacial score (nSPS) is 24.1. The highest BCUT2D eigenvalue weighted by Gasteiger charge is 2.42. The quantitative estimate of drug-likeness (QED) is 0.882. The van der Waals surface area contributed by atoms with Crippen molar-refractivity contribution < 1.29 is 9.59 Å². The van der Waals surface area contributed by atoms with Crippen LogP contribution in [0.2, 0.25) is 5.02 Å². The minimum atomic E-state index is -0.345. The van der Waals surface area contributed by atoms with Crippen molar-refractivity contribution in [2.24, 2.45) is 5.92 Å². The van der Waals surface area contributed by atoms with Crippen LogP contribution in [0, 0.1) is 5.92 Å². The summed E-state index contributed by atoms with van der Waals surface area (Å²) < 4.78 is 0. The van der Waals surface area contributed by atoms with E-state index in [4.69, 9.17) is 11.6 Å². The number of piperazine rings is 1. The fourth-order valence-corrected chi connectivity index (χ4v) is 2.38. The van der Waals surface area contributed by atoms with E-state index in [9.17, 15) is 9.59 Å². The van der Waals surface area contributed by atoms with Gasteiger partial charge in [0.25, 0.3) is 0 Å². The van der Waals surface area contributed by atoms with E-state index in [1.54, 1.807) is 24.3 Å². The van der Waals surface area contributed by atoms with Crippen LogP contribution in [0.15, 0.2) is 24.3 Å². The lowest BCUT2D eigenvalue weighted by atomic mass is 10.1. The third-order valence-electron chi connectivity index (χ3n) is 3.38. The summed E-state index contributed by atoms with van der Waals surface area (Å²) in [5, 5.41) is 3.40. The molecule has 2 aliphatic rings. The largest absolute Gasteiger partial charge is 0.342 e. The molecule has 1 saturated carbocycles. The molecule has 0 bridgehead atoms. The molecule has 1 N–H and O–H groups in total. The first-order chi connectivity index (χ1) is 8.65. The highest BCUT2D eigenvalue weighted by Crippen LogP contribution is 2.35. The summed E-state index contributed by atoms with van der Waals surface area (Å²) in [6, 6.07) is 6.64. The van der Waals surface area contributed by atoms with Gasteiger partial charge < -0.3 is 10.2 Å². The Morgan fingerprint density at radius 3 is 2.44 bits per heavy atom. The molecule has 1 heterocycles. The molecule has 94 valence electrons. The smallest absolute Gasteiger partial charge is 0.250 e. The number of rotatable bonds is 2. The zero-order valence-electron chi connectivity index (χ0n) is 9.73. The van der Waals surface area contributed by atoms with Gasteiger partial charge in [-0.3, -0.25) is 9.59 Å². The molecule has 4 nitrogen and oxygen atoms in total. The first-order valence-electron chi connectivity index (χ1n) is 6.01. The predicted molar refractivity (Wildman–Crippen MR) is 68.5 cm³/mol. The molecule has 2 amide bonds. The van der Waals surface area contributed by atoms with Gasteiger partial charge in [0.1, 0.15) is 12.6 Å². The molecule has 2 fully saturated rings. The highest BCUT2D eigenvalue weighted by molar-refractivity contribution is 6.30. The summed E-state index contributed by atoms with van der Waals surface area (Å²) in [5.74, 6) is 0.206. The molecular weight excluding hydrogens is 252 g/mol. The molecule has 1 atom stereocenters. The van der Waals surface area contributed by atoms with Gasteiger partial charge >= 0.3 is 0 Å². The summed E-state index contributed by atoms with van der Waals surface area (Å²) in [7, 11) is 0. The van der Waals surface area contributed by atoms with E-state index >= 15 is 0 Å². The molecule has 1 saturated heterocycles. The minimum absolute atomic E-state index is 0.0144. The van der Waals surface area contributed by atoms with Crippen molar-refractivity contribution in [1.29, 1.82) is 0 Å². The van der Waals surface area contributed by atoms with Crippen molar-refractivity contribution >= 4 is 29.1 Å². The zero-order chi connectivity index (χ0) is 12.7. The standard InChI is InChI=1S/C13H13ClN2O2/c14-9-3-5-10(6-4-9)16-7-11(17)15-12(13(16)18)8-1-2-8/h3-6,8,12H,1-2,7H2,(H,15,17). The Labute approximate surface area is 110 Å². The van der Waals surface area contributed by atoms with Crippen LogP contribution in [0.5, 0.6) is 0 Å². The molecule has 0 spiro atoms. The Balaban J connectivity index is 1.87. The maximum Gasteiger partial charge on any atom is 0.250 e. The maximum absolute atomic E-state index is 12.3. The number of benzene rings is 1. The Bertz CT molecular complexity index is 496. The number of hydrogen-bond donors (Lipinski definition) is 1. The molecular formula is C13H13ClN2O2. The molecule has 1 unspecified atom stereocenters. The molecule has 1 aliphatic heterocycles. The number of nitrogens with zero attached hydrogens (tertiary/aromatic N) is 1. The van der Waals surface area contributed by atoms with E-state index in [1.165, 1.54) is 4.90 Å². The third kappa shape index (κ3) is 2.08. The van der Waals surface area contributed by atoms with Crippen LogP contribution in [0.4, 0.5) is 5.69 Å². The lowest BCUT2D eigenvalue weighted by Crippen LogP contribution is -2.59. The number of amides is 2. The minimum Gasteiger partial charge on any atom is -0.342 e. The van der Waals surface area contributed by atoms with Crippen molar-refractivity contribution in [3.8, 4) is 0 Å². The van der Waals surface area contributed by atoms with Crippen molar-refractivity contribution in [3.63, 3.8) is 0 Å². The highest BCUT2D eigenvalue weighted by atomic mass is 35.5. The van der Waals surface area contributed by atoms with Gasteiger partial charge in [0.2, 0.25) is 11.8 Å². The van der Waals surface area contributed by atoms with Crippen molar-refractivity contribution in [2.75, 3.05) is 11.4 Å². The van der Waals surface area contributed by atoms with Gasteiger partial charge in [-0.1, -0.05) is 11.6 Å². The lowest BCUT2D eigenvalue weighted by molar-refractivity contribution is -0.131. The van der Waals surface area contributed by atoms with Crippen molar-refractivity contribution in [2.45, 2.75) is 18.9 Å². The van der Waals surface area contributed by atoms with Gasteiger partial charge in [-0.25, -0.2) is 0 Å². The summed E-state index contributed by atoms with van der Waals surface area (Å²) in [6.45, 7) is 0.0870. The van der Waals surface area contributed by atoms with Crippen LogP contribution in [0.3, 0.4) is 0 Å². The average Bonchev–Trinajstić information content (AvgIpc) is 3.17. The summed E-state index contributed by atoms with van der Waals surface area (Å²) >= 11 is 5.82. The second-order valence-corrected chi connectivity index (χ2v) is 5.22. The Hall–Kier alpha value is -1.55. The van der Waals surface area contributed by atoms with Gasteiger partial charge in [0.05, 0.1) is 0 Å². The summed E-state index contributed by atoms with van der Waals surface area (Å²) in [4.78, 5) is 25.5. The average molecular weight is 265 g/mol. The lowest BCUT2D eigenvalue weighted by Gasteiger charge is -2.32. The number of nitrogens with one attached hydrogen (secondary N) is 1. The molecule has 0 aromatic heterocycles. The molecule has 0 radical (unpaired) electrons. The zero-order valence-corrected chi connectivity index (χ0v) is 10.5. The molecule has 5 heteroatoms. The number of anilines is 1. The Morgan fingerprint density at radius 1 is 1.17 bits per heavy atom. The number of halogens is 1. The van der Waals surface area contributed by atoms with E-state index in [0.29, 0.717) is 10.9 Å². The predicted octanol–water partition coefficient (Wildman–Crippen LogP) is 1.58. The first-order valence-corrected chi connectivity index (χ1v) is 6.39. The maximum atomic E-state index is 12.3. The molecule has 3 rings (SSSR count). The summed E-state index contributed by atoms with van der Waals surface area (Å²) in [6.07, 6.45) is 2.04. The van der Waals surface area contributed by atoms with Crippen molar-refractivity contribution in [3.05, 3.63) is 29.3 Å². The van der Waals surface area contributed by atoms with E-state index in [2.05, 4.69) is 5.32 Å². The van der Waals surface area contributed by atoms with Crippen LogP contribution in [0.1, 0.15) is 12.8 Å². The van der Waals surface area contributed by atoms with Crippen LogP contribution >= 0.6 is 11.6 Å².